The summed E-state index contributed by atoms with van der Waals surface area (Å²) in [5.41, 5.74) is 10.5. The van der Waals surface area contributed by atoms with Gasteiger partial charge in [0, 0.05) is 11.3 Å². The minimum atomic E-state index is -4.93. The van der Waals surface area contributed by atoms with E-state index in [9.17, 15) is 26.2 Å². The third-order valence-electron chi connectivity index (χ3n) is 3.09. The highest BCUT2D eigenvalue weighted by atomic mass is 32.2. The predicted octanol–water partition coefficient (Wildman–Crippen LogP) is 0.597. The molecule has 2 aromatic carbocycles. The molecule has 25 heavy (non-hydrogen) atoms. The fraction of sp³-hybridized carbons (Fsp3) is 0. The Balaban J connectivity index is 2.55. The van der Waals surface area contributed by atoms with Gasteiger partial charge < -0.3 is 16.8 Å². The van der Waals surface area contributed by atoms with Crippen molar-refractivity contribution >= 4 is 43.2 Å². The fourth-order valence-corrected chi connectivity index (χ4v) is 3.29. The van der Waals surface area contributed by atoms with Crippen LogP contribution in [0.1, 0.15) is 10.4 Å². The second-order valence-corrected chi connectivity index (χ2v) is 7.69. The second kappa shape index (κ2) is 6.33. The first-order valence-corrected chi connectivity index (χ1v) is 9.33. The van der Waals surface area contributed by atoms with Crippen molar-refractivity contribution < 1.29 is 30.7 Å². The van der Waals surface area contributed by atoms with Crippen LogP contribution in [-0.2, 0) is 20.2 Å². The van der Waals surface area contributed by atoms with Crippen LogP contribution in [0.2, 0.25) is 0 Å². The molecule has 0 aliphatic carbocycles. The monoisotopic (exact) mass is 387 g/mol. The fourth-order valence-electron chi connectivity index (χ4n) is 1.94. The lowest BCUT2D eigenvalue weighted by atomic mass is 10.2. The van der Waals surface area contributed by atoms with E-state index >= 15 is 0 Å². The molecule has 12 heteroatoms. The van der Waals surface area contributed by atoms with Gasteiger partial charge >= 0.3 is 0 Å². The summed E-state index contributed by atoms with van der Waals surface area (Å²) in [4.78, 5) is 10.3. The van der Waals surface area contributed by atoms with Crippen molar-refractivity contribution in [1.29, 1.82) is 0 Å². The Labute approximate surface area is 143 Å². The van der Waals surface area contributed by atoms with Crippen LogP contribution < -0.4 is 16.8 Å². The molecule has 0 bridgehead atoms. The standard InChI is InChI=1S/C13H13N3O7S2/c14-8-3-1-7(2-4-8)13(17)16-10-5-9(15)11(24(18,19)20)6-12(10)25(21,22)23/h1-6H,14-15H2,(H,16,17)(H,18,19,20)(H,21,22,23). The number of amides is 1. The van der Waals surface area contributed by atoms with Gasteiger partial charge in [-0.15, -0.1) is 0 Å². The van der Waals surface area contributed by atoms with Crippen LogP contribution in [0, 0.1) is 0 Å². The van der Waals surface area contributed by atoms with Gasteiger partial charge in [0.15, 0.2) is 0 Å². The number of anilines is 3. The Morgan fingerprint density at radius 1 is 0.880 bits per heavy atom. The lowest BCUT2D eigenvalue weighted by Crippen LogP contribution is -2.16. The maximum Gasteiger partial charge on any atom is 0.296 e. The van der Waals surface area contributed by atoms with Crippen LogP contribution in [0.3, 0.4) is 0 Å². The third-order valence-corrected chi connectivity index (χ3v) is 4.89. The van der Waals surface area contributed by atoms with Crippen molar-refractivity contribution in [1.82, 2.24) is 0 Å². The number of benzene rings is 2. The maximum absolute atomic E-state index is 12.2. The topological polar surface area (TPSA) is 190 Å². The number of rotatable bonds is 4. The van der Waals surface area contributed by atoms with Gasteiger partial charge in [0.2, 0.25) is 0 Å². The van der Waals surface area contributed by atoms with Gasteiger partial charge in [-0.1, -0.05) is 0 Å². The van der Waals surface area contributed by atoms with E-state index < -0.39 is 47.3 Å². The zero-order valence-corrected chi connectivity index (χ0v) is 14.0. The molecule has 0 saturated carbocycles. The van der Waals surface area contributed by atoms with Crippen molar-refractivity contribution in [3.63, 3.8) is 0 Å². The van der Waals surface area contributed by atoms with Gasteiger partial charge in [0.25, 0.3) is 26.1 Å². The van der Waals surface area contributed by atoms with Gasteiger partial charge in [-0.05, 0) is 36.4 Å². The van der Waals surface area contributed by atoms with Crippen molar-refractivity contribution in [2.45, 2.75) is 9.79 Å². The summed E-state index contributed by atoms with van der Waals surface area (Å²) in [5, 5.41) is 2.20. The van der Waals surface area contributed by atoms with E-state index in [0.717, 1.165) is 6.07 Å². The normalized spacial score (nSPS) is 11.9. The molecule has 2 rings (SSSR count). The van der Waals surface area contributed by atoms with E-state index in [1.54, 1.807) is 0 Å². The Bertz CT molecular complexity index is 1050. The van der Waals surface area contributed by atoms with Crippen molar-refractivity contribution in [2.24, 2.45) is 0 Å². The summed E-state index contributed by atoms with van der Waals surface area (Å²) in [5.74, 6) is -0.760. The molecular formula is C13H13N3O7S2. The molecule has 0 aliphatic rings. The van der Waals surface area contributed by atoms with Crippen LogP contribution in [0.4, 0.5) is 17.1 Å². The minimum absolute atomic E-state index is 0.118. The Kier molecular flexibility index (Phi) is 4.72. The zero-order chi connectivity index (χ0) is 19.0. The minimum Gasteiger partial charge on any atom is -0.399 e. The summed E-state index contributed by atoms with van der Waals surface area (Å²) in [7, 11) is -9.78. The number of nitrogen functional groups attached to an aromatic ring is 2. The van der Waals surface area contributed by atoms with Crippen LogP contribution in [0.25, 0.3) is 0 Å². The largest absolute Gasteiger partial charge is 0.399 e. The Hall–Kier alpha value is -2.67. The molecule has 0 aromatic heterocycles. The molecule has 0 aliphatic heterocycles. The molecule has 0 heterocycles. The molecule has 2 aromatic rings. The molecule has 1 amide bonds. The third kappa shape index (κ3) is 4.24. The number of hydrogen-bond donors (Lipinski definition) is 5. The van der Waals surface area contributed by atoms with Crippen molar-refractivity contribution in [2.75, 3.05) is 16.8 Å². The highest BCUT2D eigenvalue weighted by Crippen LogP contribution is 2.30. The first-order valence-electron chi connectivity index (χ1n) is 6.45. The smallest absolute Gasteiger partial charge is 0.296 e. The quantitative estimate of drug-likeness (QED) is 0.369. The summed E-state index contributed by atoms with van der Waals surface area (Å²) in [6, 6.07) is 6.85. The zero-order valence-electron chi connectivity index (χ0n) is 12.4. The average molecular weight is 387 g/mol. The van der Waals surface area contributed by atoms with E-state index in [2.05, 4.69) is 5.32 Å². The lowest BCUT2D eigenvalue weighted by Gasteiger charge is -2.12. The van der Waals surface area contributed by atoms with Crippen LogP contribution >= 0.6 is 0 Å². The molecule has 0 fully saturated rings. The van der Waals surface area contributed by atoms with E-state index in [4.69, 9.17) is 16.0 Å². The first-order chi connectivity index (χ1) is 11.4. The number of nitrogens with one attached hydrogen (secondary N) is 1. The molecule has 0 spiro atoms. The highest BCUT2D eigenvalue weighted by molar-refractivity contribution is 7.86. The van der Waals surface area contributed by atoms with E-state index in [-0.39, 0.29) is 5.56 Å². The van der Waals surface area contributed by atoms with Crippen LogP contribution in [0.15, 0.2) is 46.2 Å². The summed E-state index contributed by atoms with van der Waals surface area (Å²) < 4.78 is 63.7. The number of carbonyl (C=O) groups is 1. The molecule has 134 valence electrons. The van der Waals surface area contributed by atoms with Crippen LogP contribution in [0.5, 0.6) is 0 Å². The summed E-state index contributed by atoms with van der Waals surface area (Å²) in [6.07, 6.45) is 0. The maximum atomic E-state index is 12.2. The van der Waals surface area contributed by atoms with Gasteiger partial charge in [0.1, 0.15) is 9.79 Å². The SMILES string of the molecule is Nc1ccc(C(=O)Nc2cc(N)c(S(=O)(=O)O)cc2S(=O)(=O)O)cc1. The Morgan fingerprint density at radius 3 is 1.88 bits per heavy atom. The highest BCUT2D eigenvalue weighted by Gasteiger charge is 2.24. The lowest BCUT2D eigenvalue weighted by molar-refractivity contribution is 0.102. The molecule has 0 atom stereocenters. The molecule has 10 nitrogen and oxygen atoms in total. The number of nitrogens with two attached hydrogens (primary N) is 2. The molecule has 0 radical (unpaired) electrons. The Morgan fingerprint density at radius 2 is 1.40 bits per heavy atom. The number of hydrogen-bond acceptors (Lipinski definition) is 7. The van der Waals surface area contributed by atoms with Gasteiger partial charge in [-0.25, -0.2) is 0 Å². The summed E-state index contributed by atoms with van der Waals surface area (Å²) in [6.45, 7) is 0. The van der Waals surface area contributed by atoms with Gasteiger partial charge in [-0.2, -0.15) is 16.8 Å². The van der Waals surface area contributed by atoms with Gasteiger partial charge in [0.05, 0.1) is 11.4 Å². The van der Waals surface area contributed by atoms with E-state index in [1.165, 1.54) is 24.3 Å². The summed E-state index contributed by atoms with van der Waals surface area (Å²) >= 11 is 0. The van der Waals surface area contributed by atoms with Gasteiger partial charge in [-0.3, -0.25) is 13.9 Å². The molecule has 0 unspecified atom stereocenters. The molecule has 7 N–H and O–H groups in total. The number of carbonyl (C=O) groups excluding carboxylic acids is 1. The average Bonchev–Trinajstić information content (AvgIpc) is 2.45. The molecular weight excluding hydrogens is 374 g/mol. The van der Waals surface area contributed by atoms with Crippen molar-refractivity contribution in [3.8, 4) is 0 Å². The second-order valence-electron chi connectivity index (χ2n) is 4.91. The van der Waals surface area contributed by atoms with E-state index in [1.807, 2.05) is 0 Å². The predicted molar refractivity (Wildman–Crippen MR) is 89.3 cm³/mol. The van der Waals surface area contributed by atoms with Crippen molar-refractivity contribution in [3.05, 3.63) is 42.0 Å². The molecule has 0 saturated heterocycles. The van der Waals surface area contributed by atoms with Crippen LogP contribution in [-0.4, -0.2) is 31.8 Å². The first kappa shape index (κ1) is 18.7. The van der Waals surface area contributed by atoms with E-state index in [0.29, 0.717) is 11.8 Å².